The van der Waals surface area contributed by atoms with Gasteiger partial charge in [0.15, 0.2) is 11.2 Å². The Balaban J connectivity index is 1.54. The van der Waals surface area contributed by atoms with Crippen LogP contribution < -0.4 is 20.8 Å². The van der Waals surface area contributed by atoms with E-state index >= 15 is 0 Å². The third kappa shape index (κ3) is 8.90. The Bertz CT molecular complexity index is 2020. The van der Waals surface area contributed by atoms with Crippen molar-refractivity contribution in [1.29, 1.82) is 0 Å². The molecule has 0 aliphatic heterocycles. The fraction of sp³-hybridized carbons (Fsp3) is 0.308. The maximum Gasteiger partial charge on any atom is 0.372 e. The van der Waals surface area contributed by atoms with Crippen LogP contribution in [-0.2, 0) is 11.2 Å². The second kappa shape index (κ2) is 17.5. The number of ketones is 1. The number of benzene rings is 2. The van der Waals surface area contributed by atoms with Crippen molar-refractivity contribution in [3.05, 3.63) is 115 Å². The molecule has 0 bridgehead atoms. The number of esters is 1. The summed E-state index contributed by atoms with van der Waals surface area (Å²) in [5.74, 6) is -3.57. The van der Waals surface area contributed by atoms with E-state index in [-0.39, 0.29) is 44.4 Å². The van der Waals surface area contributed by atoms with Crippen LogP contribution in [0.1, 0.15) is 106 Å². The number of phenols is 1. The zero-order valence-corrected chi connectivity index (χ0v) is 29.0. The van der Waals surface area contributed by atoms with Crippen molar-refractivity contribution >= 4 is 47.0 Å². The Labute approximate surface area is 294 Å². The number of phenolic OH excluding ortho intramolecular Hbond substituents is 1. The molecule has 3 aromatic rings. The topological polar surface area (TPSA) is 161 Å². The molecular weight excluding hydrogens is 660 g/mol. The summed E-state index contributed by atoms with van der Waals surface area (Å²) in [6.45, 7) is 3.80. The van der Waals surface area contributed by atoms with E-state index in [2.05, 4.69) is 0 Å². The van der Waals surface area contributed by atoms with Crippen LogP contribution in [0, 0.1) is 0 Å². The fourth-order valence-electron chi connectivity index (χ4n) is 5.72. The fourth-order valence-corrected chi connectivity index (χ4v) is 5.91. The molecule has 3 N–H and O–H groups in total. The molecule has 0 radical (unpaired) electrons. The summed E-state index contributed by atoms with van der Waals surface area (Å²) < 4.78 is 16.4. The van der Waals surface area contributed by atoms with Crippen LogP contribution in [0.5, 0.6) is 11.5 Å². The summed E-state index contributed by atoms with van der Waals surface area (Å²) >= 11 is 5.22. The zero-order chi connectivity index (χ0) is 36.4. The maximum absolute atomic E-state index is 13.8. The number of unbranched alkanes of at least 4 members (excludes halogenated alkanes) is 2. The van der Waals surface area contributed by atoms with Crippen molar-refractivity contribution < 1.29 is 43.6 Å². The van der Waals surface area contributed by atoms with E-state index in [0.29, 0.717) is 48.5 Å². The molecule has 0 fully saturated rings. The largest absolute Gasteiger partial charge is 0.507 e. The normalized spacial score (nSPS) is 13.7. The third-order valence-electron chi connectivity index (χ3n) is 8.24. The number of fused-ring (bicyclic) bond motifs is 1. The molecule has 1 aliphatic rings. The van der Waals surface area contributed by atoms with Gasteiger partial charge in [0.05, 0.1) is 41.7 Å². The van der Waals surface area contributed by atoms with Crippen molar-refractivity contribution in [2.24, 2.45) is 0 Å². The van der Waals surface area contributed by atoms with E-state index in [1.54, 1.807) is 42.5 Å². The second-order valence-electron chi connectivity index (χ2n) is 11.8. The van der Waals surface area contributed by atoms with Gasteiger partial charge in [0.25, 0.3) is 0 Å². The number of hydrogen-bond acceptors (Lipinski definition) is 10. The number of aliphatic hydroxyl groups is 1. The van der Waals surface area contributed by atoms with Crippen molar-refractivity contribution in [1.82, 2.24) is 0 Å². The number of carboxylic acids is 1. The van der Waals surface area contributed by atoms with Crippen LogP contribution >= 0.6 is 12.2 Å². The first kappa shape index (κ1) is 37.7. The summed E-state index contributed by atoms with van der Waals surface area (Å²) in [6, 6.07) is 9.36. The minimum atomic E-state index is -1.48. The number of thiocarbonyl (C=S) groups is 1. The standard InChI is InChI=1S/C39H40O10S/c1-4-12-28-31(19-18-27(23(2)40)35(28)42)48-20-10-8-6-5-7-9-15-30(34(41)24-13-11-14-25(21-24)39(46)47-3)33-36(43)29-17-16-26(50)22-32(29)49-37(33)38(44)45/h5,7,9,11,13-15,17-19,21-22,30,34,41-42H,4,6,8,10,12,16,20H2,1-3H3,(H,44,45)/b7-5-,15-9+/t30-,34-/m0/s1. The number of aromatic hydroxyl groups is 1. The highest BCUT2D eigenvalue weighted by Gasteiger charge is 2.31. The first-order chi connectivity index (χ1) is 24.0. The molecule has 2 aromatic carbocycles. The lowest BCUT2D eigenvalue weighted by Gasteiger charge is -2.22. The van der Waals surface area contributed by atoms with Gasteiger partial charge >= 0.3 is 11.9 Å². The molecule has 0 unspecified atom stereocenters. The molecule has 0 saturated heterocycles. The molecule has 262 valence electrons. The number of Topliss-reactive ketones (excluding diaryl/α,β-unsaturated/α-hetero) is 1. The van der Waals surface area contributed by atoms with E-state index < -0.39 is 35.1 Å². The smallest absolute Gasteiger partial charge is 0.372 e. The summed E-state index contributed by atoms with van der Waals surface area (Å²) in [7, 11) is 1.23. The van der Waals surface area contributed by atoms with Gasteiger partial charge in [0.1, 0.15) is 16.9 Å². The number of allylic oxidation sites excluding steroid dienone is 3. The number of carbonyl (C=O) groups excluding carboxylic acids is 2. The van der Waals surface area contributed by atoms with Gasteiger partial charge in [-0.05, 0) is 68.5 Å². The van der Waals surface area contributed by atoms with Crippen LogP contribution in [0.25, 0.3) is 12.2 Å². The van der Waals surface area contributed by atoms with E-state index in [9.17, 15) is 34.5 Å². The van der Waals surface area contributed by atoms with Crippen molar-refractivity contribution in [2.75, 3.05) is 13.7 Å². The van der Waals surface area contributed by atoms with Gasteiger partial charge in [-0.3, -0.25) is 9.59 Å². The predicted molar refractivity (Wildman–Crippen MR) is 193 cm³/mol. The number of methoxy groups -OCH3 is 1. The first-order valence-electron chi connectivity index (χ1n) is 16.3. The molecule has 11 heteroatoms. The Hall–Kier alpha value is -5.13. The summed E-state index contributed by atoms with van der Waals surface area (Å²) in [5.41, 5.74) is 0.547. The third-order valence-corrected chi connectivity index (χ3v) is 8.52. The molecular formula is C39H40O10S. The Morgan fingerprint density at radius 1 is 1.12 bits per heavy atom. The lowest BCUT2D eigenvalue weighted by atomic mass is 9.86. The van der Waals surface area contributed by atoms with Gasteiger partial charge in [-0.2, -0.15) is 0 Å². The molecule has 1 aliphatic carbocycles. The molecule has 0 amide bonds. The number of ether oxygens (including phenoxy) is 2. The average Bonchev–Trinajstić information content (AvgIpc) is 3.09. The molecule has 1 heterocycles. The van der Waals surface area contributed by atoms with Gasteiger partial charge in [-0.15, -0.1) is 0 Å². The average molecular weight is 701 g/mol. The van der Waals surface area contributed by atoms with Crippen LogP contribution in [-0.4, -0.2) is 51.6 Å². The molecule has 10 nitrogen and oxygen atoms in total. The van der Waals surface area contributed by atoms with Crippen molar-refractivity contribution in [3.8, 4) is 11.5 Å². The van der Waals surface area contributed by atoms with Gasteiger partial charge in [0, 0.05) is 22.8 Å². The van der Waals surface area contributed by atoms with Crippen LogP contribution in [0.15, 0.2) is 69.9 Å². The molecule has 1 aromatic heterocycles. The van der Waals surface area contributed by atoms with E-state index in [1.165, 1.54) is 38.3 Å². The minimum Gasteiger partial charge on any atom is -0.507 e. The van der Waals surface area contributed by atoms with Crippen LogP contribution in [0.3, 0.4) is 0 Å². The highest BCUT2D eigenvalue weighted by atomic mass is 32.1. The zero-order valence-electron chi connectivity index (χ0n) is 28.1. The van der Waals surface area contributed by atoms with E-state index in [0.717, 1.165) is 12.8 Å². The molecule has 0 saturated carbocycles. The predicted octanol–water partition coefficient (Wildman–Crippen LogP) is 5.50. The number of hydrogen-bond donors (Lipinski definition) is 3. The second-order valence-corrected chi connectivity index (χ2v) is 12.3. The number of rotatable bonds is 16. The summed E-state index contributed by atoms with van der Waals surface area (Å²) in [4.78, 5) is 50.7. The first-order valence-corrected chi connectivity index (χ1v) is 16.7. The maximum atomic E-state index is 13.8. The molecule has 50 heavy (non-hydrogen) atoms. The highest BCUT2D eigenvalue weighted by molar-refractivity contribution is 7.81. The Morgan fingerprint density at radius 2 is 1.90 bits per heavy atom. The lowest BCUT2D eigenvalue weighted by molar-refractivity contribution is 0.0599. The molecule has 0 spiro atoms. The molecule has 4 rings (SSSR count). The number of carboxylic acid groups (broad SMARTS) is 1. The van der Waals surface area contributed by atoms with E-state index in [4.69, 9.17) is 26.1 Å². The number of aliphatic hydroxyl groups excluding tert-OH is 1. The van der Waals surface area contributed by atoms with Crippen LogP contribution in [0.4, 0.5) is 0 Å². The Morgan fingerprint density at radius 3 is 2.60 bits per heavy atom. The monoisotopic (exact) mass is 700 g/mol. The highest BCUT2D eigenvalue weighted by Crippen LogP contribution is 2.34. The quantitative estimate of drug-likeness (QED) is 0.0569. The van der Waals surface area contributed by atoms with Crippen LogP contribution in [0.2, 0.25) is 0 Å². The Kier molecular flexibility index (Phi) is 13.2. The summed E-state index contributed by atoms with van der Waals surface area (Å²) in [6.07, 6.45) is 12.2. The minimum absolute atomic E-state index is 0.0321. The van der Waals surface area contributed by atoms with Gasteiger partial charge in [-0.1, -0.05) is 68.1 Å². The number of aromatic carboxylic acids is 1. The van der Waals surface area contributed by atoms with Gasteiger partial charge in [0.2, 0.25) is 5.76 Å². The van der Waals surface area contributed by atoms with Crippen molar-refractivity contribution in [2.45, 2.75) is 64.4 Å². The van der Waals surface area contributed by atoms with E-state index in [1.807, 2.05) is 13.0 Å². The SMILES string of the molecule is CCCc1c(OCCCC/C=C\C=C\[C@@H](c2c(C(=O)O)oc3c(c2=O)=CCC(=S)C=3)[C@@H](O)c2cccc(C(=O)OC)c2)ccc(C(C)=O)c1O. The van der Waals surface area contributed by atoms with Crippen molar-refractivity contribution in [3.63, 3.8) is 0 Å². The van der Waals surface area contributed by atoms with Gasteiger partial charge < -0.3 is 29.2 Å². The number of carbonyl (C=O) groups is 3. The molecule has 2 atom stereocenters. The lowest BCUT2D eigenvalue weighted by Crippen LogP contribution is -2.45. The summed E-state index contributed by atoms with van der Waals surface area (Å²) in [5, 5.41) is 32.4. The van der Waals surface area contributed by atoms with Gasteiger partial charge in [-0.25, -0.2) is 9.59 Å².